The summed E-state index contributed by atoms with van der Waals surface area (Å²) in [4.78, 5) is 0. The Kier molecular flexibility index (Phi) is 6.52. The molecule has 0 aliphatic rings. The summed E-state index contributed by atoms with van der Waals surface area (Å²) in [5.74, 6) is 0. The zero-order valence-electron chi connectivity index (χ0n) is 13.1. The molecule has 4 nitrogen and oxygen atoms in total. The number of hydrogen-bond acceptors (Lipinski definition) is 3. The minimum atomic E-state index is 0.211. The largest absolute Gasteiger partial charge is 0.383 e. The van der Waals surface area contributed by atoms with Crippen LogP contribution in [0.4, 0.5) is 0 Å². The Hall–Kier alpha value is -0.870. The van der Waals surface area contributed by atoms with Gasteiger partial charge in [0.15, 0.2) is 0 Å². The zero-order chi connectivity index (χ0) is 14.3. The second kappa shape index (κ2) is 7.65. The third-order valence-corrected chi connectivity index (χ3v) is 3.45. The highest BCUT2D eigenvalue weighted by atomic mass is 16.5. The van der Waals surface area contributed by atoms with Crippen molar-refractivity contribution in [1.29, 1.82) is 0 Å². The molecule has 1 rings (SSSR count). The van der Waals surface area contributed by atoms with E-state index in [4.69, 9.17) is 4.74 Å². The van der Waals surface area contributed by atoms with Crippen LogP contribution in [-0.2, 0) is 11.2 Å². The van der Waals surface area contributed by atoms with Crippen molar-refractivity contribution in [2.24, 2.45) is 5.41 Å². The SMILES string of the molecule is CCC(C)n1ccc(CC(C)(C)CNCCOC)n1. The topological polar surface area (TPSA) is 39.1 Å². The number of rotatable bonds is 9. The maximum absolute atomic E-state index is 5.04. The molecule has 0 spiro atoms. The maximum Gasteiger partial charge on any atom is 0.0630 e. The van der Waals surface area contributed by atoms with E-state index in [2.05, 4.69) is 55.1 Å². The summed E-state index contributed by atoms with van der Waals surface area (Å²) < 4.78 is 7.11. The molecule has 0 radical (unpaired) electrons. The van der Waals surface area contributed by atoms with Crippen molar-refractivity contribution >= 4 is 0 Å². The average molecular weight is 267 g/mol. The molecular formula is C15H29N3O. The monoisotopic (exact) mass is 267 g/mol. The van der Waals surface area contributed by atoms with Gasteiger partial charge in [0.1, 0.15) is 0 Å². The van der Waals surface area contributed by atoms with E-state index in [1.807, 2.05) is 0 Å². The van der Waals surface area contributed by atoms with E-state index in [-0.39, 0.29) is 5.41 Å². The van der Waals surface area contributed by atoms with Crippen molar-refractivity contribution in [3.05, 3.63) is 18.0 Å². The summed E-state index contributed by atoms with van der Waals surface area (Å²) in [6, 6.07) is 2.62. The minimum Gasteiger partial charge on any atom is -0.383 e. The summed E-state index contributed by atoms with van der Waals surface area (Å²) in [6.07, 6.45) is 4.21. The van der Waals surface area contributed by atoms with Gasteiger partial charge < -0.3 is 10.1 Å². The first kappa shape index (κ1) is 16.2. The van der Waals surface area contributed by atoms with Crippen LogP contribution in [0, 0.1) is 5.41 Å². The molecule has 1 atom stereocenters. The molecule has 0 saturated carbocycles. The lowest BCUT2D eigenvalue weighted by molar-refractivity contribution is 0.193. The smallest absolute Gasteiger partial charge is 0.0630 e. The van der Waals surface area contributed by atoms with Crippen LogP contribution < -0.4 is 5.32 Å². The van der Waals surface area contributed by atoms with Gasteiger partial charge in [0.05, 0.1) is 12.3 Å². The third kappa shape index (κ3) is 5.74. The van der Waals surface area contributed by atoms with Gasteiger partial charge in [-0.05, 0) is 31.2 Å². The first-order valence-electron chi connectivity index (χ1n) is 7.22. The Morgan fingerprint density at radius 1 is 1.47 bits per heavy atom. The first-order valence-corrected chi connectivity index (χ1v) is 7.22. The summed E-state index contributed by atoms with van der Waals surface area (Å²) in [5.41, 5.74) is 1.39. The Labute approximate surface area is 117 Å². The molecule has 0 aromatic carbocycles. The molecule has 110 valence electrons. The van der Waals surface area contributed by atoms with Crippen LogP contribution in [0.15, 0.2) is 12.3 Å². The maximum atomic E-state index is 5.04. The van der Waals surface area contributed by atoms with Gasteiger partial charge in [-0.15, -0.1) is 0 Å². The number of aromatic nitrogens is 2. The van der Waals surface area contributed by atoms with E-state index in [0.717, 1.165) is 32.5 Å². The van der Waals surface area contributed by atoms with Crippen LogP contribution in [0.3, 0.4) is 0 Å². The molecule has 0 aliphatic carbocycles. The Morgan fingerprint density at radius 2 is 2.21 bits per heavy atom. The fourth-order valence-electron chi connectivity index (χ4n) is 2.06. The standard InChI is InChI=1S/C15H29N3O/c1-6-13(2)18-9-7-14(17-18)11-15(3,4)12-16-8-10-19-5/h7,9,13,16H,6,8,10-12H2,1-5H3. The fourth-order valence-corrected chi connectivity index (χ4v) is 2.06. The van der Waals surface area contributed by atoms with Crippen molar-refractivity contribution in [3.63, 3.8) is 0 Å². The van der Waals surface area contributed by atoms with Gasteiger partial charge >= 0.3 is 0 Å². The number of nitrogens with one attached hydrogen (secondary N) is 1. The number of ether oxygens (including phenoxy) is 1. The molecule has 1 heterocycles. The summed E-state index contributed by atoms with van der Waals surface area (Å²) in [5, 5.41) is 8.10. The van der Waals surface area contributed by atoms with Gasteiger partial charge in [-0.3, -0.25) is 4.68 Å². The molecule has 0 amide bonds. The highest BCUT2D eigenvalue weighted by molar-refractivity contribution is 5.03. The molecule has 1 aromatic rings. The van der Waals surface area contributed by atoms with E-state index >= 15 is 0 Å². The minimum absolute atomic E-state index is 0.211. The number of hydrogen-bond donors (Lipinski definition) is 1. The van der Waals surface area contributed by atoms with Crippen molar-refractivity contribution < 1.29 is 4.74 Å². The highest BCUT2D eigenvalue weighted by Gasteiger charge is 2.19. The molecule has 4 heteroatoms. The summed E-state index contributed by atoms with van der Waals surface area (Å²) in [6.45, 7) is 11.6. The van der Waals surface area contributed by atoms with Crippen LogP contribution in [0.1, 0.15) is 45.9 Å². The Balaban J connectivity index is 2.45. The van der Waals surface area contributed by atoms with Gasteiger partial charge in [-0.2, -0.15) is 5.10 Å². The zero-order valence-corrected chi connectivity index (χ0v) is 13.1. The van der Waals surface area contributed by atoms with Crippen LogP contribution in [0.5, 0.6) is 0 Å². The predicted molar refractivity (Wildman–Crippen MR) is 79.5 cm³/mol. The van der Waals surface area contributed by atoms with Crippen LogP contribution in [0.25, 0.3) is 0 Å². The van der Waals surface area contributed by atoms with Crippen LogP contribution in [0.2, 0.25) is 0 Å². The highest BCUT2D eigenvalue weighted by Crippen LogP contribution is 2.20. The van der Waals surface area contributed by atoms with Gasteiger partial charge in [-0.25, -0.2) is 0 Å². The van der Waals surface area contributed by atoms with E-state index in [1.54, 1.807) is 7.11 Å². The number of nitrogens with zero attached hydrogens (tertiary/aromatic N) is 2. The van der Waals surface area contributed by atoms with Crippen molar-refractivity contribution in [2.75, 3.05) is 26.8 Å². The molecule has 1 N–H and O–H groups in total. The van der Waals surface area contributed by atoms with Gasteiger partial charge in [0.2, 0.25) is 0 Å². The number of methoxy groups -OCH3 is 1. The molecule has 1 aromatic heterocycles. The second-order valence-corrected chi connectivity index (χ2v) is 6.05. The molecular weight excluding hydrogens is 238 g/mol. The molecule has 19 heavy (non-hydrogen) atoms. The first-order chi connectivity index (χ1) is 8.98. The van der Waals surface area contributed by atoms with Crippen molar-refractivity contribution in [2.45, 2.75) is 46.6 Å². The lowest BCUT2D eigenvalue weighted by Gasteiger charge is -2.24. The lowest BCUT2D eigenvalue weighted by atomic mass is 9.88. The molecule has 0 bridgehead atoms. The molecule has 1 unspecified atom stereocenters. The normalized spacial score (nSPS) is 13.7. The predicted octanol–water partition coefficient (Wildman–Crippen LogP) is 2.66. The average Bonchev–Trinajstić information content (AvgIpc) is 2.81. The van der Waals surface area contributed by atoms with Crippen molar-refractivity contribution in [3.8, 4) is 0 Å². The van der Waals surface area contributed by atoms with Gasteiger partial charge in [-0.1, -0.05) is 20.8 Å². The van der Waals surface area contributed by atoms with Crippen LogP contribution >= 0.6 is 0 Å². The quantitative estimate of drug-likeness (QED) is 0.699. The van der Waals surface area contributed by atoms with E-state index in [1.165, 1.54) is 5.69 Å². The third-order valence-electron chi connectivity index (χ3n) is 3.45. The fraction of sp³-hybridized carbons (Fsp3) is 0.800. The van der Waals surface area contributed by atoms with Crippen LogP contribution in [-0.4, -0.2) is 36.6 Å². The van der Waals surface area contributed by atoms with Gasteiger partial charge in [0.25, 0.3) is 0 Å². The van der Waals surface area contributed by atoms with E-state index in [0.29, 0.717) is 6.04 Å². The molecule has 0 fully saturated rings. The van der Waals surface area contributed by atoms with E-state index < -0.39 is 0 Å². The Morgan fingerprint density at radius 3 is 2.84 bits per heavy atom. The van der Waals surface area contributed by atoms with Gasteiger partial charge in [0, 0.05) is 32.4 Å². The second-order valence-electron chi connectivity index (χ2n) is 6.05. The molecule has 0 aliphatic heterocycles. The van der Waals surface area contributed by atoms with Crippen molar-refractivity contribution in [1.82, 2.24) is 15.1 Å². The van der Waals surface area contributed by atoms with E-state index in [9.17, 15) is 0 Å². The molecule has 0 saturated heterocycles. The Bertz CT molecular complexity index is 360. The lowest BCUT2D eigenvalue weighted by Crippen LogP contribution is -2.33. The summed E-state index contributed by atoms with van der Waals surface area (Å²) >= 11 is 0. The summed E-state index contributed by atoms with van der Waals surface area (Å²) in [7, 11) is 1.73.